The van der Waals surface area contributed by atoms with Crippen molar-refractivity contribution in [2.24, 2.45) is 5.92 Å². The zero-order valence-electron chi connectivity index (χ0n) is 13.0. The largest absolute Gasteiger partial charge is 0.479 e. The Labute approximate surface area is 134 Å². The summed E-state index contributed by atoms with van der Waals surface area (Å²) in [5, 5.41) is 15.2. The van der Waals surface area contributed by atoms with Crippen molar-refractivity contribution in [2.75, 3.05) is 6.61 Å². The number of carbonyl (C=O) groups excluding carboxylic acids is 1. The van der Waals surface area contributed by atoms with Gasteiger partial charge >= 0.3 is 0 Å². The monoisotopic (exact) mass is 314 g/mol. The van der Waals surface area contributed by atoms with E-state index in [0.29, 0.717) is 11.6 Å². The van der Waals surface area contributed by atoms with E-state index < -0.39 is 0 Å². The molecule has 2 rings (SSSR count). The minimum absolute atomic E-state index is 0.000597. The highest BCUT2D eigenvalue weighted by molar-refractivity contribution is 5.79. The molecule has 1 amide bonds. The Kier molecular flexibility index (Phi) is 5.69. The first-order valence-electron chi connectivity index (χ1n) is 7.24. The third-order valence-electron chi connectivity index (χ3n) is 3.23. The molecule has 0 saturated heterocycles. The van der Waals surface area contributed by atoms with Gasteiger partial charge < -0.3 is 14.6 Å². The first-order chi connectivity index (χ1) is 11.1. The summed E-state index contributed by atoms with van der Waals surface area (Å²) in [6, 6.07) is 8.67. The fraction of sp³-hybridized carbons (Fsp3) is 0.375. The second-order valence-corrected chi connectivity index (χ2v) is 5.35. The number of hydrogen-bond acceptors (Lipinski definition) is 6. The van der Waals surface area contributed by atoms with E-state index in [-0.39, 0.29) is 30.9 Å². The molecule has 0 spiro atoms. The number of carbonyl (C=O) groups is 1. The number of hydrogen-bond donors (Lipinski definition) is 1. The van der Waals surface area contributed by atoms with Gasteiger partial charge in [0, 0.05) is 0 Å². The summed E-state index contributed by atoms with van der Waals surface area (Å²) in [5.74, 6) is 1.08. The van der Waals surface area contributed by atoms with Crippen molar-refractivity contribution in [1.29, 1.82) is 5.26 Å². The molecule has 1 aromatic heterocycles. The fourth-order valence-corrected chi connectivity index (χ4v) is 2.07. The van der Waals surface area contributed by atoms with Crippen LogP contribution in [0.5, 0.6) is 5.75 Å². The van der Waals surface area contributed by atoms with Crippen LogP contribution in [-0.2, 0) is 11.2 Å². The maximum Gasteiger partial charge on any atom is 0.225 e. The van der Waals surface area contributed by atoms with Gasteiger partial charge in [-0.1, -0.05) is 31.1 Å². The van der Waals surface area contributed by atoms with E-state index in [1.54, 1.807) is 24.3 Å². The summed E-state index contributed by atoms with van der Waals surface area (Å²) in [6.45, 7) is 3.95. The Morgan fingerprint density at radius 1 is 1.39 bits per heavy atom. The number of aromatic nitrogens is 2. The van der Waals surface area contributed by atoms with E-state index in [4.69, 9.17) is 14.5 Å². The lowest BCUT2D eigenvalue weighted by molar-refractivity contribution is -0.121. The molecule has 1 heterocycles. The average molecular weight is 314 g/mol. The molecule has 0 bridgehead atoms. The molecule has 1 N–H and O–H groups in total. The van der Waals surface area contributed by atoms with Gasteiger partial charge in [-0.3, -0.25) is 4.79 Å². The topological polar surface area (TPSA) is 101 Å². The Morgan fingerprint density at radius 2 is 2.13 bits per heavy atom. The Bertz CT molecular complexity index is 660. The number of ether oxygens (including phenoxy) is 1. The van der Waals surface area contributed by atoms with Crippen LogP contribution in [0.2, 0.25) is 0 Å². The van der Waals surface area contributed by atoms with Crippen LogP contribution in [0.4, 0.5) is 0 Å². The highest BCUT2D eigenvalue weighted by atomic mass is 16.5. The van der Waals surface area contributed by atoms with E-state index in [1.165, 1.54) is 6.39 Å². The lowest BCUT2D eigenvalue weighted by Gasteiger charge is -2.19. The second-order valence-electron chi connectivity index (χ2n) is 5.35. The number of benzene rings is 1. The van der Waals surface area contributed by atoms with Gasteiger partial charge in [0.2, 0.25) is 12.3 Å². The van der Waals surface area contributed by atoms with Crippen LogP contribution >= 0.6 is 0 Å². The van der Waals surface area contributed by atoms with Gasteiger partial charge in [0.1, 0.15) is 11.8 Å². The number of nitrogens with one attached hydrogen (secondary N) is 1. The summed E-state index contributed by atoms with van der Waals surface area (Å²) < 4.78 is 9.91. The molecule has 7 nitrogen and oxygen atoms in total. The minimum atomic E-state index is -0.292. The van der Waals surface area contributed by atoms with Crippen molar-refractivity contribution in [3.05, 3.63) is 42.0 Å². The lowest BCUT2D eigenvalue weighted by atomic mass is 10.0. The van der Waals surface area contributed by atoms with Crippen LogP contribution in [-0.4, -0.2) is 22.7 Å². The van der Waals surface area contributed by atoms with Gasteiger partial charge in [-0.05, 0) is 23.6 Å². The van der Waals surface area contributed by atoms with Crippen molar-refractivity contribution < 1.29 is 14.1 Å². The average Bonchev–Trinajstić information content (AvgIpc) is 3.05. The van der Waals surface area contributed by atoms with Crippen LogP contribution in [0, 0.1) is 17.2 Å². The number of nitriles is 1. The lowest BCUT2D eigenvalue weighted by Crippen LogP contribution is -2.33. The maximum absolute atomic E-state index is 12.2. The van der Waals surface area contributed by atoms with Gasteiger partial charge in [0.05, 0.1) is 12.5 Å². The van der Waals surface area contributed by atoms with Crippen molar-refractivity contribution in [3.8, 4) is 11.8 Å². The quantitative estimate of drug-likeness (QED) is 0.839. The third-order valence-corrected chi connectivity index (χ3v) is 3.23. The van der Waals surface area contributed by atoms with Crippen molar-refractivity contribution in [1.82, 2.24) is 15.5 Å². The highest BCUT2D eigenvalue weighted by Gasteiger charge is 2.22. The van der Waals surface area contributed by atoms with Crippen LogP contribution in [0.1, 0.15) is 31.3 Å². The summed E-state index contributed by atoms with van der Waals surface area (Å²) >= 11 is 0. The van der Waals surface area contributed by atoms with Gasteiger partial charge in [-0.25, -0.2) is 0 Å². The predicted octanol–water partition coefficient (Wildman–Crippen LogP) is 2.03. The number of rotatable bonds is 7. The van der Waals surface area contributed by atoms with Crippen molar-refractivity contribution >= 4 is 5.91 Å². The fourth-order valence-electron chi connectivity index (χ4n) is 2.07. The molecule has 0 fully saturated rings. The molecule has 1 aromatic carbocycles. The molecular formula is C16H18N4O3. The predicted molar refractivity (Wildman–Crippen MR) is 81.3 cm³/mol. The number of amides is 1. The van der Waals surface area contributed by atoms with Crippen LogP contribution in [0.25, 0.3) is 0 Å². The van der Waals surface area contributed by atoms with E-state index in [2.05, 4.69) is 15.5 Å². The molecule has 23 heavy (non-hydrogen) atoms. The first-order valence-corrected chi connectivity index (χ1v) is 7.24. The van der Waals surface area contributed by atoms with E-state index in [0.717, 1.165) is 5.56 Å². The zero-order chi connectivity index (χ0) is 16.7. The minimum Gasteiger partial charge on any atom is -0.479 e. The molecule has 1 atom stereocenters. The molecule has 0 unspecified atom stereocenters. The van der Waals surface area contributed by atoms with Gasteiger partial charge in [-0.2, -0.15) is 10.2 Å². The molecule has 7 heteroatoms. The molecular weight excluding hydrogens is 296 g/mol. The third kappa shape index (κ3) is 4.81. The van der Waals surface area contributed by atoms with E-state index in [1.807, 2.05) is 19.9 Å². The molecule has 0 saturated carbocycles. The SMILES string of the molecule is CC(C)[C@H](NC(=O)Cc1ccc(OCC#N)cc1)c1ncon1. The van der Waals surface area contributed by atoms with Crippen molar-refractivity contribution in [3.63, 3.8) is 0 Å². The van der Waals surface area contributed by atoms with Gasteiger partial charge in [-0.15, -0.1) is 0 Å². The summed E-state index contributed by atoms with van der Waals surface area (Å²) in [4.78, 5) is 16.2. The Balaban J connectivity index is 1.94. The smallest absolute Gasteiger partial charge is 0.225 e. The van der Waals surface area contributed by atoms with E-state index in [9.17, 15) is 4.79 Å². The Morgan fingerprint density at radius 3 is 2.70 bits per heavy atom. The maximum atomic E-state index is 12.2. The van der Waals surface area contributed by atoms with Crippen LogP contribution in [0.3, 0.4) is 0 Å². The number of nitrogens with zero attached hydrogens (tertiary/aromatic N) is 3. The highest BCUT2D eigenvalue weighted by Crippen LogP contribution is 2.18. The molecule has 0 aliphatic heterocycles. The molecule has 0 aliphatic rings. The van der Waals surface area contributed by atoms with Gasteiger partial charge in [0.15, 0.2) is 12.4 Å². The summed E-state index contributed by atoms with van der Waals surface area (Å²) in [5.41, 5.74) is 0.849. The standard InChI is InChI=1S/C16H18N4O3/c1-11(2)15(16-18-10-23-20-16)19-14(21)9-12-3-5-13(6-4-12)22-8-7-17/h3-6,10-11,15H,8-9H2,1-2H3,(H,19,21)/t15-/m0/s1. The van der Waals surface area contributed by atoms with Crippen molar-refractivity contribution in [2.45, 2.75) is 26.3 Å². The molecule has 0 radical (unpaired) electrons. The summed E-state index contributed by atoms with van der Waals surface area (Å²) in [7, 11) is 0. The Hall–Kier alpha value is -2.88. The van der Waals surface area contributed by atoms with Crippen LogP contribution in [0.15, 0.2) is 35.2 Å². The zero-order valence-corrected chi connectivity index (χ0v) is 13.0. The molecule has 2 aromatic rings. The second kappa shape index (κ2) is 7.94. The normalized spacial score (nSPS) is 11.7. The van der Waals surface area contributed by atoms with Gasteiger partial charge in [0.25, 0.3) is 0 Å². The summed E-state index contributed by atoms with van der Waals surface area (Å²) in [6.07, 6.45) is 1.48. The molecule has 0 aliphatic carbocycles. The van der Waals surface area contributed by atoms with E-state index >= 15 is 0 Å². The first kappa shape index (κ1) is 16.5. The van der Waals surface area contributed by atoms with Crippen LogP contribution < -0.4 is 10.1 Å². The molecule has 120 valence electrons.